The summed E-state index contributed by atoms with van der Waals surface area (Å²) in [5, 5.41) is 6.88. The van der Waals surface area contributed by atoms with Crippen LogP contribution in [0.4, 0.5) is 5.82 Å². The third-order valence-electron chi connectivity index (χ3n) is 5.80. The minimum atomic E-state index is 0.584. The van der Waals surface area contributed by atoms with Crippen LogP contribution < -0.4 is 10.6 Å². The van der Waals surface area contributed by atoms with Gasteiger partial charge in [0.15, 0.2) is 5.96 Å². The van der Waals surface area contributed by atoms with Crippen molar-refractivity contribution in [1.82, 2.24) is 15.2 Å². The summed E-state index contributed by atoms with van der Waals surface area (Å²) in [6, 6.07) is 5.96. The summed E-state index contributed by atoms with van der Waals surface area (Å²) in [6.45, 7) is 7.35. The lowest BCUT2D eigenvalue weighted by molar-refractivity contribution is 0.203. The van der Waals surface area contributed by atoms with E-state index in [-0.39, 0.29) is 0 Å². The number of hydrogen-bond donors (Lipinski definition) is 2. The fourth-order valence-corrected chi connectivity index (χ4v) is 4.36. The maximum absolute atomic E-state index is 4.91. The van der Waals surface area contributed by atoms with Crippen LogP contribution in [0, 0.1) is 5.41 Å². The van der Waals surface area contributed by atoms with Crippen molar-refractivity contribution >= 4 is 11.8 Å². The van der Waals surface area contributed by atoms with Gasteiger partial charge in [-0.2, -0.15) is 0 Å². The Bertz CT molecular complexity index is 551. The Hall–Kier alpha value is -1.78. The first-order valence-corrected chi connectivity index (χ1v) is 10.5. The number of likely N-dealkylation sites (tertiary alicyclic amines) is 1. The summed E-state index contributed by atoms with van der Waals surface area (Å²) in [4.78, 5) is 11.7. The molecule has 5 heteroatoms. The highest BCUT2D eigenvalue weighted by Gasteiger charge is 2.39. The zero-order valence-corrected chi connectivity index (χ0v) is 16.3. The molecule has 1 saturated carbocycles. The minimum absolute atomic E-state index is 0.584. The number of aromatic nitrogens is 1. The lowest BCUT2D eigenvalue weighted by atomic mass is 9.73. The molecule has 1 aliphatic heterocycles. The maximum atomic E-state index is 4.91. The van der Waals surface area contributed by atoms with E-state index in [0.717, 1.165) is 44.3 Å². The molecule has 144 valence electrons. The van der Waals surface area contributed by atoms with Gasteiger partial charge in [-0.05, 0) is 56.6 Å². The van der Waals surface area contributed by atoms with Gasteiger partial charge in [-0.3, -0.25) is 4.99 Å². The number of guanidine groups is 1. The second-order valence-corrected chi connectivity index (χ2v) is 7.82. The number of hydrogen-bond acceptors (Lipinski definition) is 3. The third-order valence-corrected chi connectivity index (χ3v) is 5.80. The number of nitrogens with zero attached hydrogens (tertiary/aromatic N) is 3. The Kier molecular flexibility index (Phi) is 7.15. The minimum Gasteiger partial charge on any atom is -0.370 e. The highest BCUT2D eigenvalue weighted by atomic mass is 15.3. The molecule has 0 unspecified atom stereocenters. The van der Waals surface area contributed by atoms with Crippen molar-refractivity contribution in [1.29, 1.82) is 0 Å². The van der Waals surface area contributed by atoms with Crippen LogP contribution in [0.25, 0.3) is 0 Å². The normalized spacial score (nSPS) is 19.7. The fourth-order valence-electron chi connectivity index (χ4n) is 4.36. The predicted molar refractivity (Wildman–Crippen MR) is 110 cm³/mol. The number of rotatable bonds is 7. The molecule has 0 aromatic carbocycles. The van der Waals surface area contributed by atoms with Crippen LogP contribution in [0.15, 0.2) is 29.4 Å². The van der Waals surface area contributed by atoms with Crippen molar-refractivity contribution in [3.8, 4) is 0 Å². The number of pyridine rings is 1. The average molecular weight is 358 g/mol. The molecule has 0 radical (unpaired) electrons. The SMILES string of the molecule is CCNC(=NCCCCNc1ccccn1)N1CCC2(CCCCC2)C1. The first kappa shape index (κ1) is 19.0. The molecule has 2 heterocycles. The molecular weight excluding hydrogens is 322 g/mol. The number of anilines is 1. The molecule has 1 spiro atoms. The van der Waals surface area contributed by atoms with Crippen LogP contribution in [0.3, 0.4) is 0 Å². The van der Waals surface area contributed by atoms with Gasteiger partial charge in [0.05, 0.1) is 0 Å². The lowest BCUT2D eigenvalue weighted by Gasteiger charge is -2.33. The van der Waals surface area contributed by atoms with Crippen LogP contribution in [0.1, 0.15) is 58.3 Å². The van der Waals surface area contributed by atoms with E-state index in [1.165, 1.54) is 51.6 Å². The van der Waals surface area contributed by atoms with E-state index in [2.05, 4.69) is 27.4 Å². The van der Waals surface area contributed by atoms with Gasteiger partial charge in [-0.1, -0.05) is 25.3 Å². The van der Waals surface area contributed by atoms with Gasteiger partial charge >= 0.3 is 0 Å². The van der Waals surface area contributed by atoms with Crippen molar-refractivity contribution in [3.05, 3.63) is 24.4 Å². The molecule has 0 atom stereocenters. The summed E-state index contributed by atoms with van der Waals surface area (Å²) in [6.07, 6.45) is 12.5. The van der Waals surface area contributed by atoms with Gasteiger partial charge in [-0.25, -0.2) is 4.98 Å². The van der Waals surface area contributed by atoms with Crippen LogP contribution >= 0.6 is 0 Å². The van der Waals surface area contributed by atoms with Gasteiger partial charge < -0.3 is 15.5 Å². The van der Waals surface area contributed by atoms with Gasteiger partial charge in [0.1, 0.15) is 5.82 Å². The molecule has 26 heavy (non-hydrogen) atoms. The van der Waals surface area contributed by atoms with Crippen molar-refractivity contribution < 1.29 is 0 Å². The summed E-state index contributed by atoms with van der Waals surface area (Å²) >= 11 is 0. The zero-order chi connectivity index (χ0) is 18.1. The molecule has 1 aliphatic carbocycles. The van der Waals surface area contributed by atoms with E-state index in [4.69, 9.17) is 4.99 Å². The number of unbranched alkanes of at least 4 members (excludes halogenated alkanes) is 1. The first-order chi connectivity index (χ1) is 12.8. The van der Waals surface area contributed by atoms with Crippen molar-refractivity contribution in [3.63, 3.8) is 0 Å². The standard InChI is InChI=1S/C21H35N5/c1-2-22-20(26-17-13-21(18-26)11-5-3-6-12-21)25-16-9-8-15-24-19-10-4-7-14-23-19/h4,7,10,14H,2-3,5-6,8-9,11-13,15-18H2,1H3,(H,22,25)(H,23,24). The van der Waals surface area contributed by atoms with Crippen molar-refractivity contribution in [2.75, 3.05) is 38.0 Å². The second kappa shape index (κ2) is 9.79. The quantitative estimate of drug-likeness (QED) is 0.441. The molecule has 2 aliphatic rings. The third kappa shape index (κ3) is 5.36. The average Bonchev–Trinajstić information content (AvgIpc) is 3.08. The molecule has 0 amide bonds. The number of aliphatic imine (C=N–C) groups is 1. The summed E-state index contributed by atoms with van der Waals surface area (Å²) in [7, 11) is 0. The van der Waals surface area contributed by atoms with Gasteiger partial charge in [0, 0.05) is 38.9 Å². The molecule has 5 nitrogen and oxygen atoms in total. The van der Waals surface area contributed by atoms with E-state index in [0.29, 0.717) is 5.41 Å². The monoisotopic (exact) mass is 357 g/mol. The molecule has 1 aromatic rings. The van der Waals surface area contributed by atoms with Crippen LogP contribution in [0.5, 0.6) is 0 Å². The molecule has 2 fully saturated rings. The van der Waals surface area contributed by atoms with Gasteiger partial charge in [0.2, 0.25) is 0 Å². The molecule has 2 N–H and O–H groups in total. The van der Waals surface area contributed by atoms with Gasteiger partial charge in [0.25, 0.3) is 0 Å². The van der Waals surface area contributed by atoms with Crippen molar-refractivity contribution in [2.24, 2.45) is 10.4 Å². The van der Waals surface area contributed by atoms with Crippen LogP contribution in [0.2, 0.25) is 0 Å². The Morgan fingerprint density at radius 3 is 2.85 bits per heavy atom. The van der Waals surface area contributed by atoms with Crippen LogP contribution in [-0.2, 0) is 0 Å². The highest BCUT2D eigenvalue weighted by molar-refractivity contribution is 5.80. The number of nitrogens with one attached hydrogen (secondary N) is 2. The highest BCUT2D eigenvalue weighted by Crippen LogP contribution is 2.43. The van der Waals surface area contributed by atoms with Gasteiger partial charge in [-0.15, -0.1) is 0 Å². The summed E-state index contributed by atoms with van der Waals surface area (Å²) in [5.74, 6) is 2.09. The predicted octanol–water partition coefficient (Wildman–Crippen LogP) is 3.90. The van der Waals surface area contributed by atoms with Crippen LogP contribution in [-0.4, -0.2) is 48.6 Å². The van der Waals surface area contributed by atoms with E-state index in [1.54, 1.807) is 0 Å². The van der Waals surface area contributed by atoms with E-state index in [1.807, 2.05) is 24.4 Å². The molecule has 3 rings (SSSR count). The zero-order valence-electron chi connectivity index (χ0n) is 16.3. The topological polar surface area (TPSA) is 52.6 Å². The second-order valence-electron chi connectivity index (χ2n) is 7.82. The Labute approximate surface area is 158 Å². The molecular formula is C21H35N5. The molecule has 1 saturated heterocycles. The smallest absolute Gasteiger partial charge is 0.193 e. The lowest BCUT2D eigenvalue weighted by Crippen LogP contribution is -2.41. The summed E-state index contributed by atoms with van der Waals surface area (Å²) in [5.41, 5.74) is 0.584. The largest absolute Gasteiger partial charge is 0.370 e. The Morgan fingerprint density at radius 1 is 1.19 bits per heavy atom. The fraction of sp³-hybridized carbons (Fsp3) is 0.714. The molecule has 0 bridgehead atoms. The summed E-state index contributed by atoms with van der Waals surface area (Å²) < 4.78 is 0. The Balaban J connectivity index is 1.41. The first-order valence-electron chi connectivity index (χ1n) is 10.5. The Morgan fingerprint density at radius 2 is 2.08 bits per heavy atom. The molecule has 1 aromatic heterocycles. The van der Waals surface area contributed by atoms with E-state index < -0.39 is 0 Å². The van der Waals surface area contributed by atoms with Crippen molar-refractivity contribution in [2.45, 2.75) is 58.3 Å². The maximum Gasteiger partial charge on any atom is 0.193 e. The van der Waals surface area contributed by atoms with E-state index in [9.17, 15) is 0 Å². The van der Waals surface area contributed by atoms with E-state index >= 15 is 0 Å².